The van der Waals surface area contributed by atoms with Crippen LogP contribution in [0.4, 0.5) is 26.3 Å². The molecule has 2 aromatic rings. The third-order valence-electron chi connectivity index (χ3n) is 3.92. The summed E-state index contributed by atoms with van der Waals surface area (Å²) in [7, 11) is 0. The molecule has 38 heavy (non-hydrogen) atoms. The summed E-state index contributed by atoms with van der Waals surface area (Å²) in [5, 5.41) is 10.2. The van der Waals surface area contributed by atoms with Crippen LogP contribution in [0.2, 0.25) is 0 Å². The summed E-state index contributed by atoms with van der Waals surface area (Å²) in [6, 6.07) is 20.2. The molecular formula is C26H41BrF6OS4. The van der Waals surface area contributed by atoms with Gasteiger partial charge in [0.1, 0.15) is 0 Å². The van der Waals surface area contributed by atoms with Gasteiger partial charge in [0.2, 0.25) is 0 Å². The van der Waals surface area contributed by atoms with E-state index in [2.05, 4.69) is 52.8 Å². The fraction of sp³-hybridized carbons (Fsp3) is 0.538. The number of thiol groups is 1. The summed E-state index contributed by atoms with van der Waals surface area (Å²) in [6.07, 6.45) is -10.8. The van der Waals surface area contributed by atoms with Gasteiger partial charge in [-0.25, -0.2) is 0 Å². The summed E-state index contributed by atoms with van der Waals surface area (Å²) in [4.78, 5) is 0. The zero-order valence-electron chi connectivity index (χ0n) is 18.9. The molecule has 2 rings (SSSR count). The second kappa shape index (κ2) is 25.8. The van der Waals surface area contributed by atoms with Crippen LogP contribution in [-0.4, -0.2) is 44.8 Å². The van der Waals surface area contributed by atoms with Gasteiger partial charge < -0.3 is 5.11 Å². The Morgan fingerprint density at radius 3 is 1.50 bits per heavy atom. The minimum absolute atomic E-state index is 0. The van der Waals surface area contributed by atoms with Crippen LogP contribution < -0.4 is 0 Å². The lowest BCUT2D eigenvalue weighted by Gasteiger charge is -2.13. The van der Waals surface area contributed by atoms with Crippen molar-refractivity contribution in [2.75, 3.05) is 21.3 Å². The average Bonchev–Trinajstić information content (AvgIpc) is 2.82. The molecule has 12 heteroatoms. The van der Waals surface area contributed by atoms with Crippen LogP contribution in [0.3, 0.4) is 0 Å². The molecule has 0 bridgehead atoms. The molecule has 0 saturated carbocycles. The lowest BCUT2D eigenvalue weighted by atomic mass is 10.2. The first-order valence-corrected chi connectivity index (χ1v) is 15.4. The second-order valence-electron chi connectivity index (χ2n) is 6.94. The third kappa shape index (κ3) is 24.9. The van der Waals surface area contributed by atoms with E-state index < -0.39 is 24.4 Å². The zero-order chi connectivity index (χ0) is 26.7. The molecule has 0 amide bonds. The van der Waals surface area contributed by atoms with Crippen molar-refractivity contribution in [3.63, 3.8) is 0 Å². The van der Waals surface area contributed by atoms with E-state index in [0.29, 0.717) is 5.08 Å². The van der Waals surface area contributed by atoms with E-state index in [0.717, 1.165) is 40.8 Å². The maximum atomic E-state index is 12.0. The summed E-state index contributed by atoms with van der Waals surface area (Å²) in [6.45, 7) is 1.13. The monoisotopic (exact) mass is 690 g/mol. The number of aliphatic hydroxyl groups excluding tert-OH is 1. The Hall–Kier alpha value is -0.140. The van der Waals surface area contributed by atoms with Crippen LogP contribution in [0.25, 0.3) is 0 Å². The molecule has 2 unspecified atom stereocenters. The Morgan fingerprint density at radius 2 is 1.18 bits per heavy atom. The smallest absolute Gasteiger partial charge is 0.383 e. The van der Waals surface area contributed by atoms with Gasteiger partial charge in [0.25, 0.3) is 0 Å². The fourth-order valence-corrected chi connectivity index (χ4v) is 5.06. The Labute approximate surface area is 252 Å². The number of thioether (sulfide) groups is 3. The van der Waals surface area contributed by atoms with E-state index >= 15 is 0 Å². The normalized spacial score (nSPS) is 12.1. The lowest BCUT2D eigenvalue weighted by molar-refractivity contribution is -0.195. The number of hydrogen-bond acceptors (Lipinski definition) is 5. The molecule has 0 fully saturated rings. The van der Waals surface area contributed by atoms with Crippen LogP contribution in [0.1, 0.15) is 40.3 Å². The van der Waals surface area contributed by atoms with Crippen molar-refractivity contribution in [2.45, 2.75) is 59.2 Å². The van der Waals surface area contributed by atoms with E-state index in [4.69, 9.17) is 5.11 Å². The summed E-state index contributed by atoms with van der Waals surface area (Å²) in [5.74, 6) is 0.313. The van der Waals surface area contributed by atoms with Gasteiger partial charge in [-0.05, 0) is 11.1 Å². The van der Waals surface area contributed by atoms with Crippen molar-refractivity contribution in [2.24, 2.45) is 5.92 Å². The molecule has 0 heterocycles. The Kier molecular flexibility index (Phi) is 30.5. The number of aliphatic hydroxyl groups is 1. The van der Waals surface area contributed by atoms with Gasteiger partial charge in [-0.3, -0.25) is 0 Å². The van der Waals surface area contributed by atoms with Crippen molar-refractivity contribution >= 4 is 63.8 Å². The highest BCUT2D eigenvalue weighted by Gasteiger charge is 2.37. The maximum Gasteiger partial charge on any atom is 0.415 e. The molecule has 0 aliphatic carbocycles. The molecule has 0 saturated heterocycles. The maximum absolute atomic E-state index is 12.0. The van der Waals surface area contributed by atoms with E-state index in [1.165, 1.54) is 5.56 Å². The van der Waals surface area contributed by atoms with Crippen LogP contribution >= 0.6 is 63.8 Å². The van der Waals surface area contributed by atoms with Gasteiger partial charge in [-0.1, -0.05) is 106 Å². The van der Waals surface area contributed by atoms with E-state index in [1.807, 2.05) is 48.2 Å². The topological polar surface area (TPSA) is 20.2 Å². The largest absolute Gasteiger partial charge is 0.415 e. The lowest BCUT2D eigenvalue weighted by Crippen LogP contribution is -2.30. The SMILES string of the molecule is C.C.C.CC(CBr)C(F)(F)F.OC(CSCSCc1ccccc1)C(F)(F)F.SCSCc1ccccc1. The molecule has 2 aromatic carbocycles. The molecule has 1 N–H and O–H groups in total. The number of alkyl halides is 7. The molecule has 0 aromatic heterocycles. The van der Waals surface area contributed by atoms with Gasteiger partial charge in [0.15, 0.2) is 6.10 Å². The minimum Gasteiger partial charge on any atom is -0.383 e. The molecule has 0 radical (unpaired) electrons. The molecule has 0 aliphatic heterocycles. The Bertz CT molecular complexity index is 753. The quantitative estimate of drug-likeness (QED) is 0.0850. The highest BCUT2D eigenvalue weighted by Crippen LogP contribution is 2.27. The predicted molar refractivity (Wildman–Crippen MR) is 168 cm³/mol. The summed E-state index contributed by atoms with van der Waals surface area (Å²) >= 11 is 11.3. The van der Waals surface area contributed by atoms with Crippen LogP contribution in [-0.2, 0) is 11.5 Å². The van der Waals surface area contributed by atoms with Crippen molar-refractivity contribution in [1.29, 1.82) is 0 Å². The molecule has 0 aliphatic rings. The van der Waals surface area contributed by atoms with Gasteiger partial charge in [-0.15, -0.1) is 35.3 Å². The first-order valence-electron chi connectivity index (χ1n) is 10.2. The third-order valence-corrected chi connectivity index (χ3v) is 8.59. The van der Waals surface area contributed by atoms with Gasteiger partial charge >= 0.3 is 12.4 Å². The molecule has 224 valence electrons. The van der Waals surface area contributed by atoms with Gasteiger partial charge in [0.05, 0.1) is 5.92 Å². The number of benzene rings is 2. The molecule has 0 spiro atoms. The number of rotatable bonds is 10. The minimum atomic E-state index is -4.50. The highest BCUT2D eigenvalue weighted by molar-refractivity contribution is 9.09. The van der Waals surface area contributed by atoms with Gasteiger partial charge in [0, 0.05) is 32.8 Å². The molecule has 1 nitrogen and oxygen atoms in total. The van der Waals surface area contributed by atoms with Crippen molar-refractivity contribution < 1.29 is 31.4 Å². The second-order valence-corrected chi connectivity index (χ2v) is 11.7. The Morgan fingerprint density at radius 1 is 0.763 bits per heavy atom. The summed E-state index contributed by atoms with van der Waals surface area (Å²) in [5.41, 5.74) is 2.52. The Balaban J connectivity index is -0.000000238. The summed E-state index contributed by atoms with van der Waals surface area (Å²) < 4.78 is 70.1. The number of hydrogen-bond donors (Lipinski definition) is 2. The standard InChI is InChI=1S/C11H13F3OS2.C8H10S2.C4H6BrF3.3CH4/c12-11(13,14)10(15)7-17-8-16-6-9-4-2-1-3-5-9;9-7-10-6-8-4-2-1-3-5-8;1-3(2-5)4(6,7)8;;;/h1-5,10,15H,6-8H2;1-5,9H,6-7H2;3H,2H2,1H3;3*1H4. The zero-order valence-corrected chi connectivity index (χ0v) is 23.9. The molecule has 2 atom stereocenters. The van der Waals surface area contributed by atoms with Crippen molar-refractivity contribution in [1.82, 2.24) is 0 Å². The first kappa shape index (κ1) is 44.9. The van der Waals surface area contributed by atoms with Crippen LogP contribution in [0.15, 0.2) is 60.7 Å². The van der Waals surface area contributed by atoms with Crippen molar-refractivity contribution in [3.8, 4) is 0 Å². The van der Waals surface area contributed by atoms with Crippen molar-refractivity contribution in [3.05, 3.63) is 71.8 Å². The fourth-order valence-electron chi connectivity index (χ4n) is 1.87. The van der Waals surface area contributed by atoms with Crippen LogP contribution in [0.5, 0.6) is 0 Å². The van der Waals surface area contributed by atoms with E-state index in [9.17, 15) is 26.3 Å². The van der Waals surface area contributed by atoms with E-state index in [-0.39, 0.29) is 33.4 Å². The van der Waals surface area contributed by atoms with Gasteiger partial charge in [-0.2, -0.15) is 39.0 Å². The predicted octanol–water partition coefficient (Wildman–Crippen LogP) is 10.8. The molecular weight excluding hydrogens is 650 g/mol. The first-order chi connectivity index (χ1) is 16.4. The van der Waals surface area contributed by atoms with E-state index in [1.54, 1.807) is 11.8 Å². The average molecular weight is 692 g/mol. The highest BCUT2D eigenvalue weighted by atomic mass is 79.9. The van der Waals surface area contributed by atoms with Crippen LogP contribution in [0, 0.1) is 5.92 Å². The number of halogens is 7.